The van der Waals surface area contributed by atoms with Crippen LogP contribution in [-0.2, 0) is 21.5 Å². The second-order valence-corrected chi connectivity index (χ2v) is 4.85. The summed E-state index contributed by atoms with van der Waals surface area (Å²) in [5.74, 6) is -0.138. The summed E-state index contributed by atoms with van der Waals surface area (Å²) in [7, 11) is 0. The maximum Gasteiger partial charge on any atom is 0.331 e. The zero-order chi connectivity index (χ0) is 11.6. The van der Waals surface area contributed by atoms with Crippen LogP contribution in [-0.4, -0.2) is 19.1 Å². The first-order valence-corrected chi connectivity index (χ1v) is 6.61. The molecule has 0 radical (unpaired) electrons. The molecule has 3 nitrogen and oxygen atoms in total. The summed E-state index contributed by atoms with van der Waals surface area (Å²) in [4.78, 5) is 13.3. The first kappa shape index (κ1) is 11.6. The van der Waals surface area contributed by atoms with Gasteiger partial charge in [-0.3, -0.25) is 5.32 Å². The Hall–Kier alpha value is -0.870. The average Bonchev–Trinajstić information content (AvgIpc) is 2.77. The standard InChI is InChI=1S/C12H17NO2S/c1-3-12(11(14)15-4-2)10-9(5-7-13-12)6-8-16-10/h6,8,13H,3-5,7H2,1-2H3. The van der Waals surface area contributed by atoms with Crippen molar-refractivity contribution in [2.45, 2.75) is 32.2 Å². The molecule has 0 fully saturated rings. The first-order valence-electron chi connectivity index (χ1n) is 5.73. The van der Waals surface area contributed by atoms with Gasteiger partial charge in [0.2, 0.25) is 0 Å². The molecule has 0 bridgehead atoms. The van der Waals surface area contributed by atoms with Gasteiger partial charge in [0.05, 0.1) is 6.61 Å². The van der Waals surface area contributed by atoms with Crippen LogP contribution in [0, 0.1) is 0 Å². The van der Waals surface area contributed by atoms with E-state index in [1.165, 1.54) is 5.56 Å². The number of carbonyl (C=O) groups excluding carboxylic acids is 1. The van der Waals surface area contributed by atoms with Gasteiger partial charge in [-0.25, -0.2) is 4.79 Å². The molecule has 1 aliphatic rings. The second kappa shape index (κ2) is 4.55. The Labute approximate surface area is 99.8 Å². The fourth-order valence-electron chi connectivity index (χ4n) is 2.25. The zero-order valence-corrected chi connectivity index (χ0v) is 10.5. The van der Waals surface area contributed by atoms with Crippen molar-refractivity contribution in [2.75, 3.05) is 13.2 Å². The molecule has 1 aliphatic heterocycles. The van der Waals surface area contributed by atoms with E-state index < -0.39 is 5.54 Å². The lowest BCUT2D eigenvalue weighted by Crippen LogP contribution is -2.52. The van der Waals surface area contributed by atoms with E-state index in [0.717, 1.165) is 24.3 Å². The molecule has 0 aromatic carbocycles. The van der Waals surface area contributed by atoms with Crippen molar-refractivity contribution < 1.29 is 9.53 Å². The molecule has 0 saturated heterocycles. The minimum Gasteiger partial charge on any atom is -0.464 e. The predicted molar refractivity (Wildman–Crippen MR) is 64.6 cm³/mol. The van der Waals surface area contributed by atoms with Gasteiger partial charge in [0, 0.05) is 11.4 Å². The molecule has 1 atom stereocenters. The fraction of sp³-hybridized carbons (Fsp3) is 0.583. The van der Waals surface area contributed by atoms with Gasteiger partial charge in [0.15, 0.2) is 5.54 Å². The fourth-order valence-corrected chi connectivity index (χ4v) is 3.44. The molecule has 0 spiro atoms. The first-order chi connectivity index (χ1) is 7.74. The Bertz CT molecular complexity index is 388. The SMILES string of the molecule is CCOC(=O)C1(CC)NCCc2ccsc21. The van der Waals surface area contributed by atoms with Crippen molar-refractivity contribution in [2.24, 2.45) is 0 Å². The van der Waals surface area contributed by atoms with E-state index in [2.05, 4.69) is 16.8 Å². The maximum atomic E-state index is 12.1. The molecule has 16 heavy (non-hydrogen) atoms. The van der Waals surface area contributed by atoms with Crippen LogP contribution in [0.3, 0.4) is 0 Å². The molecule has 0 saturated carbocycles. The third-order valence-electron chi connectivity index (χ3n) is 3.11. The largest absolute Gasteiger partial charge is 0.464 e. The molecule has 1 unspecified atom stereocenters. The average molecular weight is 239 g/mol. The van der Waals surface area contributed by atoms with E-state index in [1.807, 2.05) is 13.8 Å². The highest BCUT2D eigenvalue weighted by Gasteiger charge is 2.44. The highest BCUT2D eigenvalue weighted by molar-refractivity contribution is 7.10. The zero-order valence-electron chi connectivity index (χ0n) is 9.71. The van der Waals surface area contributed by atoms with Crippen LogP contribution < -0.4 is 5.32 Å². The van der Waals surface area contributed by atoms with E-state index in [-0.39, 0.29) is 5.97 Å². The number of nitrogens with one attached hydrogen (secondary N) is 1. The predicted octanol–water partition coefficient (Wildman–Crippen LogP) is 2.06. The summed E-state index contributed by atoms with van der Waals surface area (Å²) in [6, 6.07) is 2.12. The lowest BCUT2D eigenvalue weighted by Gasteiger charge is -2.35. The number of ether oxygens (including phenoxy) is 1. The number of rotatable bonds is 3. The monoisotopic (exact) mass is 239 g/mol. The Kier molecular flexibility index (Phi) is 3.30. The Morgan fingerprint density at radius 1 is 1.62 bits per heavy atom. The molecule has 1 N–H and O–H groups in total. The molecule has 1 aromatic heterocycles. The molecule has 0 aliphatic carbocycles. The van der Waals surface area contributed by atoms with Crippen molar-refractivity contribution in [1.82, 2.24) is 5.32 Å². The van der Waals surface area contributed by atoms with E-state index in [1.54, 1.807) is 11.3 Å². The number of hydrogen-bond donors (Lipinski definition) is 1. The summed E-state index contributed by atoms with van der Waals surface area (Å²) in [5.41, 5.74) is 0.691. The number of fused-ring (bicyclic) bond motifs is 1. The molecule has 88 valence electrons. The van der Waals surface area contributed by atoms with Gasteiger partial charge in [-0.05, 0) is 36.8 Å². The van der Waals surface area contributed by atoms with Gasteiger partial charge in [-0.15, -0.1) is 11.3 Å². The van der Waals surface area contributed by atoms with Crippen LogP contribution in [0.2, 0.25) is 0 Å². The summed E-state index contributed by atoms with van der Waals surface area (Å²) < 4.78 is 5.21. The Balaban J connectivity index is 2.40. The summed E-state index contributed by atoms with van der Waals surface area (Å²) in [5, 5.41) is 5.40. The highest BCUT2D eigenvalue weighted by atomic mass is 32.1. The minimum absolute atomic E-state index is 0.138. The Morgan fingerprint density at radius 2 is 2.44 bits per heavy atom. The third kappa shape index (κ3) is 1.66. The van der Waals surface area contributed by atoms with E-state index in [4.69, 9.17) is 4.74 Å². The van der Waals surface area contributed by atoms with Gasteiger partial charge in [0.25, 0.3) is 0 Å². The molecular weight excluding hydrogens is 222 g/mol. The third-order valence-corrected chi connectivity index (χ3v) is 4.23. The Morgan fingerprint density at radius 3 is 3.12 bits per heavy atom. The highest BCUT2D eigenvalue weighted by Crippen LogP contribution is 2.36. The summed E-state index contributed by atoms with van der Waals surface area (Å²) in [6.45, 7) is 5.15. The van der Waals surface area contributed by atoms with Crippen molar-refractivity contribution in [3.63, 3.8) is 0 Å². The van der Waals surface area contributed by atoms with Crippen LogP contribution in [0.5, 0.6) is 0 Å². The van der Waals surface area contributed by atoms with Crippen LogP contribution in [0.25, 0.3) is 0 Å². The topological polar surface area (TPSA) is 38.3 Å². The number of thiophene rings is 1. The normalized spacial score (nSPS) is 23.9. The van der Waals surface area contributed by atoms with Crippen LogP contribution in [0.15, 0.2) is 11.4 Å². The molecule has 4 heteroatoms. The lowest BCUT2D eigenvalue weighted by molar-refractivity contribution is -0.152. The smallest absolute Gasteiger partial charge is 0.331 e. The van der Waals surface area contributed by atoms with E-state index in [0.29, 0.717) is 6.61 Å². The summed E-state index contributed by atoms with van der Waals surface area (Å²) in [6.07, 6.45) is 1.74. The molecule has 2 heterocycles. The lowest BCUT2D eigenvalue weighted by atomic mass is 9.87. The minimum atomic E-state index is -0.599. The van der Waals surface area contributed by atoms with Gasteiger partial charge < -0.3 is 4.74 Å². The van der Waals surface area contributed by atoms with Crippen LogP contribution in [0.4, 0.5) is 0 Å². The van der Waals surface area contributed by atoms with Gasteiger partial charge in [-0.2, -0.15) is 0 Å². The van der Waals surface area contributed by atoms with Gasteiger partial charge in [-0.1, -0.05) is 6.92 Å². The van der Waals surface area contributed by atoms with Crippen molar-refractivity contribution in [1.29, 1.82) is 0 Å². The molecular formula is C12H17NO2S. The van der Waals surface area contributed by atoms with Crippen molar-refractivity contribution >= 4 is 17.3 Å². The molecule has 0 amide bonds. The van der Waals surface area contributed by atoms with E-state index in [9.17, 15) is 4.79 Å². The van der Waals surface area contributed by atoms with Gasteiger partial charge in [0.1, 0.15) is 0 Å². The molecule has 1 aromatic rings. The van der Waals surface area contributed by atoms with Crippen molar-refractivity contribution in [3.8, 4) is 0 Å². The van der Waals surface area contributed by atoms with E-state index >= 15 is 0 Å². The number of carbonyl (C=O) groups is 1. The van der Waals surface area contributed by atoms with Gasteiger partial charge >= 0.3 is 5.97 Å². The quantitative estimate of drug-likeness (QED) is 0.821. The number of esters is 1. The summed E-state index contributed by atoms with van der Waals surface area (Å²) >= 11 is 1.65. The van der Waals surface area contributed by atoms with Crippen LogP contribution in [0.1, 0.15) is 30.7 Å². The second-order valence-electron chi connectivity index (χ2n) is 3.93. The van der Waals surface area contributed by atoms with Crippen molar-refractivity contribution in [3.05, 3.63) is 21.9 Å². The molecule has 2 rings (SSSR count). The maximum absolute atomic E-state index is 12.1. The van der Waals surface area contributed by atoms with Crippen LogP contribution >= 0.6 is 11.3 Å². The number of hydrogen-bond acceptors (Lipinski definition) is 4.